The Morgan fingerprint density at radius 3 is 2.32 bits per heavy atom. The molecule has 4 rings (SSSR count). The zero-order chi connectivity index (χ0) is 24.6. The summed E-state index contributed by atoms with van der Waals surface area (Å²) in [5, 5.41) is 11.5. The molecule has 1 unspecified atom stereocenters. The second-order valence-corrected chi connectivity index (χ2v) is 8.75. The van der Waals surface area contributed by atoms with Crippen molar-refractivity contribution in [2.24, 2.45) is 0 Å². The van der Waals surface area contributed by atoms with Gasteiger partial charge in [0.1, 0.15) is 11.5 Å². The van der Waals surface area contributed by atoms with Gasteiger partial charge < -0.3 is 14.7 Å². The average Bonchev–Trinajstić information content (AvgIpc) is 3.09. The van der Waals surface area contributed by atoms with Gasteiger partial charge in [-0.25, -0.2) is 0 Å². The molecule has 34 heavy (non-hydrogen) atoms. The third-order valence-corrected chi connectivity index (χ3v) is 6.17. The number of aryl methyl sites for hydroxylation is 1. The Balaban J connectivity index is 1.91. The van der Waals surface area contributed by atoms with E-state index in [1.807, 2.05) is 62.3 Å². The lowest BCUT2D eigenvalue weighted by Crippen LogP contribution is -2.29. The topological polar surface area (TPSA) is 70.1 Å². The highest BCUT2D eigenvalue weighted by Gasteiger charge is 2.47. The smallest absolute Gasteiger partial charge is 0.300 e. The Morgan fingerprint density at radius 1 is 1.03 bits per heavy atom. The summed E-state index contributed by atoms with van der Waals surface area (Å²) in [5.41, 5.74) is 3.54. The minimum Gasteiger partial charge on any atom is -0.507 e. The quantitative estimate of drug-likeness (QED) is 0.305. The molecule has 1 fully saturated rings. The summed E-state index contributed by atoms with van der Waals surface area (Å²) in [6, 6.07) is 18.8. The summed E-state index contributed by atoms with van der Waals surface area (Å²) in [4.78, 5) is 29.9. The minimum absolute atomic E-state index is 0.00789. The van der Waals surface area contributed by atoms with Gasteiger partial charge in [-0.05, 0) is 55.0 Å². The predicted octanol–water partition coefficient (Wildman–Crippen LogP) is 5.35. The lowest BCUT2D eigenvalue weighted by atomic mass is 9.94. The largest absolute Gasteiger partial charge is 0.507 e. The van der Waals surface area contributed by atoms with Crippen LogP contribution in [0.5, 0.6) is 5.75 Å². The first-order chi connectivity index (χ1) is 16.2. The zero-order valence-corrected chi connectivity index (χ0v) is 20.1. The highest BCUT2D eigenvalue weighted by Crippen LogP contribution is 2.43. The van der Waals surface area contributed by atoms with Crippen LogP contribution < -0.4 is 14.5 Å². The SMILES string of the molecule is COc1ccc(/C(O)=C2/C(=O)C(=O)N(c3ccc(N(C)C)cc3)C2c2cccc(C)c2)cc1Cl. The molecule has 174 valence electrons. The zero-order valence-electron chi connectivity index (χ0n) is 19.4. The fourth-order valence-electron chi connectivity index (χ4n) is 4.13. The summed E-state index contributed by atoms with van der Waals surface area (Å²) in [6.07, 6.45) is 0. The molecule has 1 N–H and O–H groups in total. The number of aliphatic hydroxyl groups is 1. The number of ether oxygens (including phenoxy) is 1. The average molecular weight is 477 g/mol. The van der Waals surface area contributed by atoms with E-state index in [1.165, 1.54) is 18.1 Å². The number of methoxy groups -OCH3 is 1. The summed E-state index contributed by atoms with van der Waals surface area (Å²) in [5.74, 6) is -1.31. The fourth-order valence-corrected chi connectivity index (χ4v) is 4.39. The number of carbonyl (C=O) groups is 2. The van der Waals surface area contributed by atoms with Gasteiger partial charge in [-0.15, -0.1) is 0 Å². The van der Waals surface area contributed by atoms with Crippen LogP contribution in [0.3, 0.4) is 0 Å². The summed E-state index contributed by atoms with van der Waals surface area (Å²) < 4.78 is 5.19. The Morgan fingerprint density at radius 2 is 1.74 bits per heavy atom. The van der Waals surface area contributed by atoms with E-state index in [4.69, 9.17) is 16.3 Å². The molecule has 6 nitrogen and oxygen atoms in total. The number of anilines is 2. The molecule has 0 aliphatic carbocycles. The number of Topliss-reactive ketones (excluding diaryl/α,β-unsaturated/α-hetero) is 1. The Bertz CT molecular complexity index is 1300. The van der Waals surface area contributed by atoms with Crippen LogP contribution in [0.25, 0.3) is 5.76 Å². The van der Waals surface area contributed by atoms with Gasteiger partial charge in [-0.2, -0.15) is 0 Å². The van der Waals surface area contributed by atoms with Gasteiger partial charge in [-0.3, -0.25) is 14.5 Å². The molecule has 0 bridgehead atoms. The van der Waals surface area contributed by atoms with Crippen molar-refractivity contribution >= 4 is 40.4 Å². The van der Waals surface area contributed by atoms with Gasteiger partial charge >= 0.3 is 0 Å². The van der Waals surface area contributed by atoms with E-state index in [1.54, 1.807) is 24.3 Å². The molecule has 7 heteroatoms. The number of carbonyl (C=O) groups excluding carboxylic acids is 2. The molecule has 1 saturated heterocycles. The van der Waals surface area contributed by atoms with Crippen LogP contribution in [-0.2, 0) is 9.59 Å². The molecular formula is C27H25ClN2O4. The Labute approximate surface area is 203 Å². The lowest BCUT2D eigenvalue weighted by Gasteiger charge is -2.26. The first kappa shape index (κ1) is 23.4. The maximum Gasteiger partial charge on any atom is 0.300 e. The third kappa shape index (κ3) is 4.13. The number of nitrogens with zero attached hydrogens (tertiary/aromatic N) is 2. The highest BCUT2D eigenvalue weighted by molar-refractivity contribution is 6.51. The number of halogens is 1. The number of rotatable bonds is 5. The van der Waals surface area contributed by atoms with Crippen LogP contribution in [0.2, 0.25) is 5.02 Å². The van der Waals surface area contributed by atoms with Gasteiger partial charge in [0.25, 0.3) is 11.7 Å². The number of hydrogen-bond donors (Lipinski definition) is 1. The number of benzene rings is 3. The summed E-state index contributed by atoms with van der Waals surface area (Å²) in [6.45, 7) is 1.94. The summed E-state index contributed by atoms with van der Waals surface area (Å²) >= 11 is 6.26. The van der Waals surface area contributed by atoms with E-state index in [0.29, 0.717) is 17.0 Å². The van der Waals surface area contributed by atoms with Crippen molar-refractivity contribution in [2.45, 2.75) is 13.0 Å². The van der Waals surface area contributed by atoms with E-state index < -0.39 is 17.7 Å². The molecule has 0 spiro atoms. The molecule has 0 radical (unpaired) electrons. The van der Waals surface area contributed by atoms with Gasteiger partial charge in [0.15, 0.2) is 0 Å². The van der Waals surface area contributed by atoms with Crippen LogP contribution in [0, 0.1) is 6.92 Å². The van der Waals surface area contributed by atoms with E-state index in [2.05, 4.69) is 0 Å². The van der Waals surface area contributed by atoms with Crippen molar-refractivity contribution in [1.29, 1.82) is 0 Å². The standard InChI is InChI=1S/C27H25ClN2O4/c1-16-6-5-7-17(14-16)24-23(25(31)18-8-13-22(34-4)21(28)15-18)26(32)27(33)30(24)20-11-9-19(10-12-20)29(2)3/h5-15,24,31H,1-4H3/b25-23-. The van der Waals surface area contributed by atoms with E-state index in [0.717, 1.165) is 16.8 Å². The maximum atomic E-state index is 13.3. The number of ketones is 1. The van der Waals surface area contributed by atoms with E-state index >= 15 is 0 Å². The molecule has 3 aromatic rings. The Kier molecular flexibility index (Phi) is 6.35. The lowest BCUT2D eigenvalue weighted by molar-refractivity contribution is -0.132. The molecule has 1 atom stereocenters. The predicted molar refractivity (Wildman–Crippen MR) is 135 cm³/mol. The molecular weight excluding hydrogens is 452 g/mol. The van der Waals surface area contributed by atoms with Crippen molar-refractivity contribution in [3.8, 4) is 5.75 Å². The van der Waals surface area contributed by atoms with E-state index in [-0.39, 0.29) is 16.4 Å². The van der Waals surface area contributed by atoms with Crippen molar-refractivity contribution in [2.75, 3.05) is 31.0 Å². The molecule has 3 aromatic carbocycles. The van der Waals surface area contributed by atoms with Crippen molar-refractivity contribution in [3.63, 3.8) is 0 Å². The molecule has 1 heterocycles. The summed E-state index contributed by atoms with van der Waals surface area (Å²) in [7, 11) is 5.34. The van der Waals surface area contributed by atoms with Gasteiger partial charge in [0, 0.05) is 31.0 Å². The molecule has 1 aliphatic heterocycles. The van der Waals surface area contributed by atoms with Crippen LogP contribution in [0.15, 0.2) is 72.3 Å². The molecule has 1 aliphatic rings. The number of amides is 1. The molecule has 0 aromatic heterocycles. The van der Waals surface area contributed by atoms with Gasteiger partial charge in [0.2, 0.25) is 0 Å². The van der Waals surface area contributed by atoms with Crippen molar-refractivity contribution in [1.82, 2.24) is 0 Å². The first-order valence-corrected chi connectivity index (χ1v) is 11.1. The second-order valence-electron chi connectivity index (χ2n) is 8.34. The van der Waals surface area contributed by atoms with Crippen molar-refractivity contribution < 1.29 is 19.4 Å². The second kappa shape index (κ2) is 9.23. The monoisotopic (exact) mass is 476 g/mol. The van der Waals surface area contributed by atoms with Crippen LogP contribution in [0.1, 0.15) is 22.7 Å². The normalized spacial score (nSPS) is 17.2. The van der Waals surface area contributed by atoms with Crippen molar-refractivity contribution in [3.05, 3.63) is 94.0 Å². The van der Waals surface area contributed by atoms with Crippen LogP contribution in [-0.4, -0.2) is 38.0 Å². The molecule has 0 saturated carbocycles. The Hall–Kier alpha value is -3.77. The molecule has 1 amide bonds. The number of hydrogen-bond acceptors (Lipinski definition) is 5. The minimum atomic E-state index is -0.800. The highest BCUT2D eigenvalue weighted by atomic mass is 35.5. The number of aliphatic hydroxyl groups excluding tert-OH is 1. The first-order valence-electron chi connectivity index (χ1n) is 10.7. The van der Waals surface area contributed by atoms with E-state index in [9.17, 15) is 14.7 Å². The fraction of sp³-hybridized carbons (Fsp3) is 0.185. The van der Waals surface area contributed by atoms with Gasteiger partial charge in [-0.1, -0.05) is 41.4 Å². The maximum absolute atomic E-state index is 13.3. The van der Waals surface area contributed by atoms with Gasteiger partial charge in [0.05, 0.1) is 23.7 Å². The van der Waals surface area contributed by atoms with Crippen LogP contribution >= 0.6 is 11.6 Å². The van der Waals surface area contributed by atoms with Crippen LogP contribution in [0.4, 0.5) is 11.4 Å². The third-order valence-electron chi connectivity index (χ3n) is 5.87.